The largest absolute Gasteiger partial charge is 0.344 e. The molecule has 9 nitrogen and oxygen atoms in total. The normalized spacial score (nSPS) is 9.50. The van der Waals surface area contributed by atoms with Crippen molar-refractivity contribution >= 4 is 45.3 Å². The lowest BCUT2D eigenvalue weighted by atomic mass is 10.0. The van der Waals surface area contributed by atoms with E-state index in [1.54, 1.807) is 48.5 Å². The molecule has 0 amide bonds. The first-order chi connectivity index (χ1) is 22.3. The number of nitriles is 6. The third kappa shape index (κ3) is 6.52. The first-order valence-electron chi connectivity index (χ1n) is 13.8. The highest BCUT2D eigenvalue weighted by Gasteiger charge is 2.16. The maximum Gasteiger partial charge on any atom is 0.148 e. The van der Waals surface area contributed by atoms with E-state index < -0.39 is 0 Å². The van der Waals surface area contributed by atoms with Gasteiger partial charge in [-0.1, -0.05) is 42.5 Å². The molecule has 0 aromatic heterocycles. The van der Waals surface area contributed by atoms with Crippen LogP contribution in [0.2, 0.25) is 0 Å². The molecule has 46 heavy (non-hydrogen) atoms. The number of allylic oxidation sites excluding steroid dienone is 4. The van der Waals surface area contributed by atoms with E-state index in [9.17, 15) is 31.6 Å². The Balaban J connectivity index is 1.78. The summed E-state index contributed by atoms with van der Waals surface area (Å²) in [6.45, 7) is 0. The van der Waals surface area contributed by atoms with Crippen molar-refractivity contribution in [3.05, 3.63) is 119 Å². The van der Waals surface area contributed by atoms with E-state index in [4.69, 9.17) is 0 Å². The molecule has 0 saturated heterocycles. The van der Waals surface area contributed by atoms with Gasteiger partial charge in [0.25, 0.3) is 0 Å². The summed E-state index contributed by atoms with van der Waals surface area (Å²) in [7, 11) is 5.82. The first-order valence-corrected chi connectivity index (χ1v) is 13.8. The molecule has 0 aliphatic rings. The fraction of sp³-hybridized carbons (Fsp3) is 0.0811. The Kier molecular flexibility index (Phi) is 9.80. The molecule has 0 bridgehead atoms. The van der Waals surface area contributed by atoms with Gasteiger partial charge < -0.3 is 14.7 Å². The molecule has 0 unspecified atom stereocenters. The number of benzene rings is 4. The SMILES string of the molecule is CN(c1ccccc1)c1cc(N(C)c2ccc(C(C#N)=C(C#N)C#N)cc2)cc(N(C)c2ccc(C(C#N)=C(C#N)C#N)cc2)c1. The maximum atomic E-state index is 9.55. The standard InChI is InChI=1S/C37H25N9/c1-44(30-7-5-4-6-8-30)33-17-34(45(2)31-13-9-26(10-14-31)36(24-42)28(20-38)21-39)19-35(18-33)46(3)32-15-11-27(12-16-32)37(25-43)29(22-40)23-41/h4-19H,1-3H3. The molecule has 0 aliphatic carbocycles. The van der Waals surface area contributed by atoms with E-state index in [2.05, 4.69) is 17.0 Å². The lowest BCUT2D eigenvalue weighted by molar-refractivity contribution is 1.15. The fourth-order valence-electron chi connectivity index (χ4n) is 4.77. The number of anilines is 6. The summed E-state index contributed by atoms with van der Waals surface area (Å²) in [4.78, 5) is 6.06. The summed E-state index contributed by atoms with van der Waals surface area (Å²) in [5.74, 6) is 0. The molecular weight excluding hydrogens is 570 g/mol. The van der Waals surface area contributed by atoms with Gasteiger partial charge in [0.1, 0.15) is 47.6 Å². The van der Waals surface area contributed by atoms with E-state index in [1.165, 1.54) is 0 Å². The van der Waals surface area contributed by atoms with Gasteiger partial charge in [-0.25, -0.2) is 0 Å². The quantitative estimate of drug-likeness (QED) is 0.187. The number of hydrogen-bond acceptors (Lipinski definition) is 9. The van der Waals surface area contributed by atoms with Gasteiger partial charge >= 0.3 is 0 Å². The van der Waals surface area contributed by atoms with Crippen molar-refractivity contribution in [1.82, 2.24) is 0 Å². The highest BCUT2D eigenvalue weighted by molar-refractivity contribution is 5.86. The Hall–Kier alpha value is -7.30. The molecule has 218 valence electrons. The van der Waals surface area contributed by atoms with E-state index >= 15 is 0 Å². The Morgan fingerprint density at radius 3 is 0.978 bits per heavy atom. The molecular formula is C37H25N9. The van der Waals surface area contributed by atoms with Crippen LogP contribution in [0.25, 0.3) is 11.1 Å². The van der Waals surface area contributed by atoms with E-state index in [1.807, 2.05) is 104 Å². The van der Waals surface area contributed by atoms with Crippen LogP contribution in [0.5, 0.6) is 0 Å². The summed E-state index contributed by atoms with van der Waals surface area (Å²) in [5, 5.41) is 56.1. The predicted octanol–water partition coefficient (Wildman–Crippen LogP) is 7.64. The minimum atomic E-state index is -0.239. The van der Waals surface area contributed by atoms with Gasteiger partial charge in [-0.2, -0.15) is 31.6 Å². The van der Waals surface area contributed by atoms with Crippen LogP contribution in [0.15, 0.2) is 108 Å². The van der Waals surface area contributed by atoms with E-state index in [0.29, 0.717) is 11.1 Å². The smallest absolute Gasteiger partial charge is 0.148 e. The minimum Gasteiger partial charge on any atom is -0.344 e. The Bertz CT molecular complexity index is 1920. The van der Waals surface area contributed by atoms with Crippen molar-refractivity contribution < 1.29 is 0 Å². The highest BCUT2D eigenvalue weighted by atomic mass is 15.2. The molecule has 0 radical (unpaired) electrons. The van der Waals surface area contributed by atoms with Crippen LogP contribution >= 0.6 is 0 Å². The van der Waals surface area contributed by atoms with Gasteiger partial charge in [0, 0.05) is 55.3 Å². The molecule has 0 heterocycles. The van der Waals surface area contributed by atoms with Crippen LogP contribution in [0.1, 0.15) is 11.1 Å². The van der Waals surface area contributed by atoms with Crippen LogP contribution in [0, 0.1) is 68.0 Å². The van der Waals surface area contributed by atoms with Crippen LogP contribution in [-0.2, 0) is 0 Å². The molecule has 0 fully saturated rings. The van der Waals surface area contributed by atoms with E-state index in [-0.39, 0.29) is 22.3 Å². The van der Waals surface area contributed by atoms with Crippen molar-refractivity contribution in [2.75, 3.05) is 35.8 Å². The number of hydrogen-bond donors (Lipinski definition) is 0. The third-order valence-electron chi connectivity index (χ3n) is 7.45. The van der Waals surface area contributed by atoms with Crippen molar-refractivity contribution in [2.45, 2.75) is 0 Å². The molecule has 0 aliphatic heterocycles. The zero-order valence-corrected chi connectivity index (χ0v) is 25.3. The van der Waals surface area contributed by atoms with Crippen molar-refractivity contribution in [2.24, 2.45) is 0 Å². The zero-order chi connectivity index (χ0) is 33.2. The summed E-state index contributed by atoms with van der Waals surface area (Å²) in [6, 6.07) is 41.3. The second-order valence-corrected chi connectivity index (χ2v) is 9.98. The Morgan fingerprint density at radius 1 is 0.391 bits per heavy atom. The number of para-hydroxylation sites is 1. The fourth-order valence-corrected chi connectivity index (χ4v) is 4.77. The molecule has 4 aromatic carbocycles. The predicted molar refractivity (Wildman–Crippen MR) is 177 cm³/mol. The lowest BCUT2D eigenvalue weighted by Gasteiger charge is -2.28. The molecule has 4 rings (SSSR count). The van der Waals surface area contributed by atoms with Gasteiger partial charge in [0.05, 0.1) is 11.1 Å². The van der Waals surface area contributed by atoms with Crippen LogP contribution in [-0.4, -0.2) is 21.1 Å². The molecule has 4 aromatic rings. The van der Waals surface area contributed by atoms with Crippen molar-refractivity contribution in [3.63, 3.8) is 0 Å². The molecule has 0 spiro atoms. The van der Waals surface area contributed by atoms with Gasteiger partial charge in [-0.3, -0.25) is 0 Å². The average molecular weight is 596 g/mol. The van der Waals surface area contributed by atoms with Crippen LogP contribution in [0.3, 0.4) is 0 Å². The second kappa shape index (κ2) is 14.2. The van der Waals surface area contributed by atoms with E-state index in [0.717, 1.165) is 34.1 Å². The summed E-state index contributed by atoms with van der Waals surface area (Å²) >= 11 is 0. The highest BCUT2D eigenvalue weighted by Crippen LogP contribution is 2.37. The summed E-state index contributed by atoms with van der Waals surface area (Å²) in [6.07, 6.45) is 0. The summed E-state index contributed by atoms with van der Waals surface area (Å²) < 4.78 is 0. The Labute approximate surface area is 268 Å². The minimum absolute atomic E-state index is 0.0227. The number of nitrogens with zero attached hydrogens (tertiary/aromatic N) is 9. The summed E-state index contributed by atoms with van der Waals surface area (Å²) in [5.41, 5.74) is 5.78. The van der Waals surface area contributed by atoms with Gasteiger partial charge in [0.15, 0.2) is 0 Å². The number of rotatable bonds is 8. The van der Waals surface area contributed by atoms with Gasteiger partial charge in [0.2, 0.25) is 0 Å². The zero-order valence-electron chi connectivity index (χ0n) is 25.3. The molecule has 0 saturated carbocycles. The van der Waals surface area contributed by atoms with Crippen LogP contribution < -0.4 is 14.7 Å². The third-order valence-corrected chi connectivity index (χ3v) is 7.45. The first kappa shape index (κ1) is 31.6. The topological polar surface area (TPSA) is 152 Å². The Morgan fingerprint density at radius 2 is 0.696 bits per heavy atom. The van der Waals surface area contributed by atoms with Gasteiger partial charge in [-0.05, 0) is 65.7 Å². The van der Waals surface area contributed by atoms with Gasteiger partial charge in [-0.15, -0.1) is 0 Å². The lowest BCUT2D eigenvalue weighted by Crippen LogP contribution is -2.16. The maximum absolute atomic E-state index is 9.55. The van der Waals surface area contributed by atoms with Crippen molar-refractivity contribution in [3.8, 4) is 36.4 Å². The molecule has 0 N–H and O–H groups in total. The molecule has 0 atom stereocenters. The monoisotopic (exact) mass is 595 g/mol. The average Bonchev–Trinajstić information content (AvgIpc) is 3.12. The second-order valence-electron chi connectivity index (χ2n) is 9.98. The van der Waals surface area contributed by atoms with Crippen LogP contribution in [0.4, 0.5) is 34.1 Å². The molecule has 9 heteroatoms. The van der Waals surface area contributed by atoms with Crippen molar-refractivity contribution in [1.29, 1.82) is 31.6 Å².